The number of thiophene rings is 1. The number of benzene rings is 1. The van der Waals surface area contributed by atoms with Crippen molar-refractivity contribution in [3.63, 3.8) is 0 Å². The number of nitrogens with zero attached hydrogens (tertiary/aromatic N) is 3. The number of aryl methyl sites for hydroxylation is 1. The molecule has 0 saturated heterocycles. The van der Waals surface area contributed by atoms with E-state index in [0.717, 1.165) is 20.1 Å². The van der Waals surface area contributed by atoms with Gasteiger partial charge in [-0.25, -0.2) is 4.68 Å². The van der Waals surface area contributed by atoms with Crippen molar-refractivity contribution in [1.82, 2.24) is 14.9 Å². The maximum absolute atomic E-state index is 13.1. The maximum atomic E-state index is 13.1. The van der Waals surface area contributed by atoms with Gasteiger partial charge in [0.1, 0.15) is 11.1 Å². The van der Waals surface area contributed by atoms with Crippen molar-refractivity contribution < 1.29 is 4.79 Å². The Morgan fingerprint density at radius 2 is 2.00 bits per heavy atom. The van der Waals surface area contributed by atoms with E-state index in [-0.39, 0.29) is 17.1 Å². The smallest absolute Gasteiger partial charge is 0.210 e. The van der Waals surface area contributed by atoms with Crippen LogP contribution in [-0.4, -0.2) is 25.9 Å². The number of fused-ring (bicyclic) bond motifs is 1. The van der Waals surface area contributed by atoms with E-state index in [1.165, 1.54) is 23.1 Å². The third-order valence-electron chi connectivity index (χ3n) is 3.90. The summed E-state index contributed by atoms with van der Waals surface area (Å²) in [4.78, 5) is 13.8. The number of hydrogen-bond acceptors (Lipinski definition) is 6. The summed E-state index contributed by atoms with van der Waals surface area (Å²) in [6.07, 6.45) is 0. The highest BCUT2D eigenvalue weighted by atomic mass is 79.9. The van der Waals surface area contributed by atoms with E-state index < -0.39 is 0 Å². The molecule has 1 aromatic carbocycles. The minimum absolute atomic E-state index is 0.0695. The first-order valence-corrected chi connectivity index (χ1v) is 10.3. The molecular weight excluding hydrogens is 444 g/mol. The second-order valence-electron chi connectivity index (χ2n) is 5.53. The lowest BCUT2D eigenvalue weighted by Crippen LogP contribution is -2.38. The molecule has 5 nitrogen and oxygen atoms in total. The quantitative estimate of drug-likeness (QED) is 0.580. The molecule has 0 spiro atoms. The summed E-state index contributed by atoms with van der Waals surface area (Å²) in [6.45, 7) is 1.88. The Labute approximate surface area is 165 Å². The molecule has 3 heterocycles. The minimum Gasteiger partial charge on any atom is -0.313 e. The second kappa shape index (κ2) is 6.75. The van der Waals surface area contributed by atoms with Gasteiger partial charge in [0.2, 0.25) is 5.16 Å². The highest BCUT2D eigenvalue weighted by Gasteiger charge is 2.38. The number of nitrogens with one attached hydrogen (secondary N) is 1. The Morgan fingerprint density at radius 1 is 1.24 bits per heavy atom. The zero-order valence-electron chi connectivity index (χ0n) is 12.9. The summed E-state index contributed by atoms with van der Waals surface area (Å²) in [5.74, 6) is 0.825. The zero-order valence-corrected chi connectivity index (χ0v) is 16.9. The molecule has 4 rings (SSSR count). The van der Waals surface area contributed by atoms with E-state index in [9.17, 15) is 4.79 Å². The third kappa shape index (κ3) is 3.23. The molecule has 2 aromatic heterocycles. The SMILES string of the molecule is Cc1nnc2n1NC(c1ccc(Cl)cc1)C(C(=O)c1ccc(Br)s1)S2. The van der Waals surface area contributed by atoms with Crippen LogP contribution in [0.25, 0.3) is 0 Å². The summed E-state index contributed by atoms with van der Waals surface area (Å²) < 4.78 is 2.77. The van der Waals surface area contributed by atoms with Gasteiger partial charge in [0.25, 0.3) is 0 Å². The minimum atomic E-state index is -0.345. The summed E-state index contributed by atoms with van der Waals surface area (Å²) >= 11 is 12.3. The van der Waals surface area contributed by atoms with Crippen LogP contribution in [0.4, 0.5) is 0 Å². The fourth-order valence-corrected chi connectivity index (χ4v) is 5.43. The highest BCUT2D eigenvalue weighted by Crippen LogP contribution is 2.40. The van der Waals surface area contributed by atoms with Gasteiger partial charge in [-0.2, -0.15) is 0 Å². The lowest BCUT2D eigenvalue weighted by atomic mass is 10.0. The number of rotatable bonds is 3. The molecule has 128 valence electrons. The fourth-order valence-electron chi connectivity index (χ4n) is 2.67. The molecule has 0 amide bonds. The van der Waals surface area contributed by atoms with Crippen molar-refractivity contribution in [2.24, 2.45) is 0 Å². The summed E-state index contributed by atoms with van der Waals surface area (Å²) in [6, 6.07) is 11.1. The molecule has 0 bridgehead atoms. The molecule has 2 atom stereocenters. The van der Waals surface area contributed by atoms with Gasteiger partial charge >= 0.3 is 0 Å². The zero-order chi connectivity index (χ0) is 17.6. The summed E-state index contributed by atoms with van der Waals surface area (Å²) in [7, 11) is 0. The lowest BCUT2D eigenvalue weighted by molar-refractivity contribution is 0.0984. The van der Waals surface area contributed by atoms with Gasteiger partial charge < -0.3 is 5.43 Å². The van der Waals surface area contributed by atoms with Crippen molar-refractivity contribution in [3.05, 3.63) is 61.5 Å². The molecular formula is C16H12BrClN4OS2. The van der Waals surface area contributed by atoms with Gasteiger partial charge in [0.15, 0.2) is 5.78 Å². The van der Waals surface area contributed by atoms with Crippen LogP contribution in [0.15, 0.2) is 45.3 Å². The third-order valence-corrected chi connectivity index (χ3v) is 7.01. The van der Waals surface area contributed by atoms with Gasteiger partial charge in [0, 0.05) is 5.02 Å². The van der Waals surface area contributed by atoms with Crippen LogP contribution in [0, 0.1) is 6.92 Å². The number of halogens is 2. The van der Waals surface area contributed by atoms with E-state index >= 15 is 0 Å². The van der Waals surface area contributed by atoms with Crippen LogP contribution in [0.5, 0.6) is 0 Å². The molecule has 1 aliphatic rings. The highest BCUT2D eigenvalue weighted by molar-refractivity contribution is 9.11. The van der Waals surface area contributed by atoms with Gasteiger partial charge in [0.05, 0.1) is 14.7 Å². The number of thioether (sulfide) groups is 1. The van der Waals surface area contributed by atoms with Crippen LogP contribution in [0.3, 0.4) is 0 Å². The first-order chi connectivity index (χ1) is 12.0. The normalized spacial score (nSPS) is 19.3. The molecule has 3 aromatic rings. The van der Waals surface area contributed by atoms with Crippen molar-refractivity contribution in [1.29, 1.82) is 0 Å². The first kappa shape index (κ1) is 17.1. The number of carbonyl (C=O) groups is 1. The van der Waals surface area contributed by atoms with Gasteiger partial charge in [-0.1, -0.05) is 35.5 Å². The van der Waals surface area contributed by atoms with Gasteiger partial charge in [-0.05, 0) is 52.7 Å². The van der Waals surface area contributed by atoms with Crippen LogP contribution >= 0.6 is 50.6 Å². The van der Waals surface area contributed by atoms with E-state index in [1.54, 1.807) is 0 Å². The van der Waals surface area contributed by atoms with E-state index in [4.69, 9.17) is 11.6 Å². The topological polar surface area (TPSA) is 59.8 Å². The predicted molar refractivity (Wildman–Crippen MR) is 104 cm³/mol. The number of hydrogen-bond donors (Lipinski definition) is 1. The van der Waals surface area contributed by atoms with Crippen LogP contribution in [-0.2, 0) is 0 Å². The van der Waals surface area contributed by atoms with E-state index in [2.05, 4.69) is 31.6 Å². The molecule has 9 heteroatoms. The van der Waals surface area contributed by atoms with Gasteiger partial charge in [-0.3, -0.25) is 4.79 Å². The average molecular weight is 456 g/mol. The van der Waals surface area contributed by atoms with E-state index in [1.807, 2.05) is 48.0 Å². The predicted octanol–water partition coefficient (Wildman–Crippen LogP) is 4.71. The standard InChI is InChI=1S/C16H12BrClN4OS2/c1-8-19-20-16-22(8)21-13(9-2-4-10(18)5-3-9)15(25-16)14(23)11-6-7-12(17)24-11/h2-7,13,15,21H,1H3. The van der Waals surface area contributed by atoms with Crippen LogP contribution in [0.1, 0.15) is 27.1 Å². The summed E-state index contributed by atoms with van der Waals surface area (Å²) in [5, 5.41) is 9.28. The first-order valence-electron chi connectivity index (χ1n) is 7.43. The molecule has 0 fully saturated rings. The Kier molecular flexibility index (Phi) is 4.61. The van der Waals surface area contributed by atoms with Gasteiger partial charge in [-0.15, -0.1) is 21.5 Å². The maximum Gasteiger partial charge on any atom is 0.210 e. The van der Waals surface area contributed by atoms with Crippen LogP contribution in [0.2, 0.25) is 5.02 Å². The largest absolute Gasteiger partial charge is 0.313 e. The van der Waals surface area contributed by atoms with Crippen molar-refractivity contribution >= 4 is 56.4 Å². The average Bonchev–Trinajstić information content (AvgIpc) is 3.20. The van der Waals surface area contributed by atoms with Crippen molar-refractivity contribution in [2.75, 3.05) is 5.43 Å². The Balaban J connectivity index is 1.75. The molecule has 1 N–H and O–H groups in total. The number of aromatic nitrogens is 3. The molecule has 2 unspecified atom stereocenters. The molecule has 25 heavy (non-hydrogen) atoms. The summed E-state index contributed by atoms with van der Waals surface area (Å²) in [5.41, 5.74) is 4.38. The number of ketones is 1. The molecule has 0 aliphatic carbocycles. The molecule has 0 radical (unpaired) electrons. The second-order valence-corrected chi connectivity index (χ2v) is 9.54. The Bertz CT molecular complexity index is 940. The molecule has 0 saturated carbocycles. The molecule has 1 aliphatic heterocycles. The Hall–Kier alpha value is -1.35. The fraction of sp³-hybridized carbons (Fsp3) is 0.188. The Morgan fingerprint density at radius 3 is 2.68 bits per heavy atom. The van der Waals surface area contributed by atoms with Crippen LogP contribution < -0.4 is 5.43 Å². The number of carbonyl (C=O) groups excluding carboxylic acids is 1. The van der Waals surface area contributed by atoms with Crippen molar-refractivity contribution in [3.8, 4) is 0 Å². The van der Waals surface area contributed by atoms with Crippen molar-refractivity contribution in [2.45, 2.75) is 23.4 Å². The monoisotopic (exact) mass is 454 g/mol. The van der Waals surface area contributed by atoms with E-state index in [0.29, 0.717) is 10.2 Å². The number of Topliss-reactive ketones (excluding diaryl/α,β-unsaturated/α-hetero) is 1. The lowest BCUT2D eigenvalue weighted by Gasteiger charge is -2.32.